The van der Waals surface area contributed by atoms with Crippen LogP contribution in [-0.4, -0.2) is 34.8 Å². The maximum atomic E-state index is 12.2. The SMILES string of the molecule is COc1cc(C=C2N=C(c3cc([N+](=O)[O-])cc([N+](=O)[O-])c3)OC2=O)ccc1OC(C)=O. The van der Waals surface area contributed by atoms with E-state index in [1.165, 1.54) is 38.3 Å². The van der Waals surface area contributed by atoms with Crippen molar-refractivity contribution in [1.82, 2.24) is 0 Å². The van der Waals surface area contributed by atoms with Crippen molar-refractivity contribution in [3.05, 3.63) is 73.5 Å². The highest BCUT2D eigenvalue weighted by Gasteiger charge is 2.27. The topological polar surface area (TPSA) is 160 Å². The Morgan fingerprint density at radius 3 is 2.26 bits per heavy atom. The highest BCUT2D eigenvalue weighted by molar-refractivity contribution is 6.13. The first-order valence-electron chi connectivity index (χ1n) is 8.51. The van der Waals surface area contributed by atoms with Gasteiger partial charge in [-0.3, -0.25) is 25.0 Å². The van der Waals surface area contributed by atoms with Gasteiger partial charge in [0.2, 0.25) is 5.90 Å². The van der Waals surface area contributed by atoms with Gasteiger partial charge < -0.3 is 14.2 Å². The largest absolute Gasteiger partial charge is 0.493 e. The van der Waals surface area contributed by atoms with Crippen molar-refractivity contribution in [3.63, 3.8) is 0 Å². The number of hydrogen-bond acceptors (Lipinski definition) is 10. The van der Waals surface area contributed by atoms with Gasteiger partial charge in [-0.05, 0) is 23.8 Å². The summed E-state index contributed by atoms with van der Waals surface area (Å²) in [4.78, 5) is 47.8. The van der Waals surface area contributed by atoms with Crippen LogP contribution in [0.15, 0.2) is 47.1 Å². The van der Waals surface area contributed by atoms with Crippen LogP contribution in [-0.2, 0) is 14.3 Å². The van der Waals surface area contributed by atoms with Crippen LogP contribution in [0.1, 0.15) is 18.1 Å². The van der Waals surface area contributed by atoms with Crippen LogP contribution in [0.3, 0.4) is 0 Å². The molecule has 12 heteroatoms. The zero-order valence-corrected chi connectivity index (χ0v) is 16.1. The summed E-state index contributed by atoms with van der Waals surface area (Å²) in [5, 5.41) is 22.1. The lowest BCUT2D eigenvalue weighted by Gasteiger charge is -2.08. The second-order valence-corrected chi connectivity index (χ2v) is 6.09. The predicted octanol–water partition coefficient (Wildman–Crippen LogP) is 2.78. The Morgan fingerprint density at radius 1 is 1.06 bits per heavy atom. The van der Waals surface area contributed by atoms with Crippen molar-refractivity contribution in [1.29, 1.82) is 0 Å². The molecule has 0 saturated heterocycles. The molecule has 31 heavy (non-hydrogen) atoms. The fourth-order valence-electron chi connectivity index (χ4n) is 2.63. The molecule has 0 amide bonds. The van der Waals surface area contributed by atoms with E-state index in [4.69, 9.17) is 14.2 Å². The number of methoxy groups -OCH3 is 1. The quantitative estimate of drug-likeness (QED) is 0.222. The van der Waals surface area contributed by atoms with Gasteiger partial charge in [-0.15, -0.1) is 0 Å². The maximum Gasteiger partial charge on any atom is 0.363 e. The van der Waals surface area contributed by atoms with E-state index in [0.29, 0.717) is 5.56 Å². The van der Waals surface area contributed by atoms with Crippen molar-refractivity contribution in [3.8, 4) is 11.5 Å². The highest BCUT2D eigenvalue weighted by atomic mass is 16.6. The first kappa shape index (κ1) is 21.1. The number of non-ortho nitro benzene ring substituents is 2. The molecule has 158 valence electrons. The first-order chi connectivity index (χ1) is 14.7. The number of carbonyl (C=O) groups excluding carboxylic acids is 2. The van der Waals surface area contributed by atoms with Gasteiger partial charge in [-0.1, -0.05) is 6.07 Å². The number of ether oxygens (including phenoxy) is 3. The highest BCUT2D eigenvalue weighted by Crippen LogP contribution is 2.30. The molecule has 12 nitrogen and oxygen atoms in total. The molecule has 0 aromatic heterocycles. The van der Waals surface area contributed by atoms with Crippen molar-refractivity contribution >= 4 is 35.3 Å². The summed E-state index contributed by atoms with van der Waals surface area (Å²) in [6.45, 7) is 1.23. The molecule has 2 aromatic carbocycles. The van der Waals surface area contributed by atoms with Gasteiger partial charge in [-0.2, -0.15) is 0 Å². The summed E-state index contributed by atoms with van der Waals surface area (Å²) in [6, 6.07) is 7.30. The van der Waals surface area contributed by atoms with Crippen LogP contribution in [0, 0.1) is 20.2 Å². The standard InChI is InChI=1S/C19H13N3O9/c1-10(23)30-16-4-3-11(6-17(16)29-2)5-15-19(24)31-18(20-15)12-7-13(21(25)26)9-14(8-12)22(27)28/h3-9H,1-2H3. The number of cyclic esters (lactones) is 1. The van der Waals surface area contributed by atoms with Gasteiger partial charge in [0.15, 0.2) is 17.2 Å². The first-order valence-corrected chi connectivity index (χ1v) is 8.51. The fraction of sp³-hybridized carbons (Fsp3) is 0.105. The van der Waals surface area contributed by atoms with E-state index in [0.717, 1.165) is 18.2 Å². The Bertz CT molecular complexity index is 1150. The molecular weight excluding hydrogens is 414 g/mol. The minimum atomic E-state index is -0.854. The summed E-state index contributed by atoms with van der Waals surface area (Å²) >= 11 is 0. The Labute approximate surface area is 173 Å². The maximum absolute atomic E-state index is 12.2. The number of nitro groups is 2. The third-order valence-electron chi connectivity index (χ3n) is 3.94. The summed E-state index contributed by atoms with van der Waals surface area (Å²) in [7, 11) is 1.37. The predicted molar refractivity (Wildman–Crippen MR) is 105 cm³/mol. The van der Waals surface area contributed by atoms with Gasteiger partial charge in [0, 0.05) is 19.1 Å². The van der Waals surface area contributed by atoms with Crippen LogP contribution in [0.25, 0.3) is 6.08 Å². The molecule has 0 radical (unpaired) electrons. The number of esters is 2. The monoisotopic (exact) mass is 427 g/mol. The average Bonchev–Trinajstić information content (AvgIpc) is 3.08. The second kappa shape index (κ2) is 8.41. The van der Waals surface area contributed by atoms with Crippen molar-refractivity contribution < 1.29 is 33.6 Å². The van der Waals surface area contributed by atoms with Crippen LogP contribution in [0.5, 0.6) is 11.5 Å². The Hall–Kier alpha value is -4.61. The molecular formula is C19H13N3O9. The Balaban J connectivity index is 1.99. The zero-order valence-electron chi connectivity index (χ0n) is 16.1. The molecule has 2 aromatic rings. The third-order valence-corrected chi connectivity index (χ3v) is 3.94. The van der Waals surface area contributed by atoms with Gasteiger partial charge in [0.05, 0.1) is 28.6 Å². The van der Waals surface area contributed by atoms with Crippen molar-refractivity contribution in [2.75, 3.05) is 7.11 Å². The molecule has 0 unspecified atom stereocenters. The number of aliphatic imine (C=N–C) groups is 1. The molecule has 1 aliphatic rings. The molecule has 1 aliphatic heterocycles. The lowest BCUT2D eigenvalue weighted by molar-refractivity contribution is -0.394. The smallest absolute Gasteiger partial charge is 0.363 e. The normalized spacial score (nSPS) is 14.1. The van der Waals surface area contributed by atoms with E-state index in [-0.39, 0.29) is 28.7 Å². The lowest BCUT2D eigenvalue weighted by Crippen LogP contribution is -2.06. The summed E-state index contributed by atoms with van der Waals surface area (Å²) < 4.78 is 15.2. The summed E-state index contributed by atoms with van der Waals surface area (Å²) in [5.74, 6) is -1.29. The third kappa shape index (κ3) is 4.70. The van der Waals surface area contributed by atoms with Gasteiger partial charge >= 0.3 is 11.9 Å². The number of rotatable bonds is 6. The van der Waals surface area contributed by atoms with Crippen LogP contribution in [0.4, 0.5) is 11.4 Å². The average molecular weight is 427 g/mol. The minimum absolute atomic E-state index is 0.0968. The molecule has 0 atom stereocenters. The zero-order chi connectivity index (χ0) is 22.7. The molecule has 0 spiro atoms. The molecule has 0 N–H and O–H groups in total. The lowest BCUT2D eigenvalue weighted by atomic mass is 10.1. The number of benzene rings is 2. The number of carbonyl (C=O) groups is 2. The number of hydrogen-bond donors (Lipinski definition) is 0. The Morgan fingerprint density at radius 2 is 1.71 bits per heavy atom. The van der Waals surface area contributed by atoms with Gasteiger partial charge in [-0.25, -0.2) is 9.79 Å². The van der Waals surface area contributed by atoms with Gasteiger partial charge in [0.25, 0.3) is 11.4 Å². The molecule has 0 fully saturated rings. The van der Waals surface area contributed by atoms with Crippen LogP contribution in [0.2, 0.25) is 0 Å². The molecule has 3 rings (SSSR count). The van der Waals surface area contributed by atoms with Crippen molar-refractivity contribution in [2.24, 2.45) is 4.99 Å². The molecule has 0 saturated carbocycles. The van der Waals surface area contributed by atoms with E-state index in [2.05, 4.69) is 4.99 Å². The number of nitro benzene ring substituents is 2. The summed E-state index contributed by atoms with van der Waals surface area (Å²) in [5.41, 5.74) is -0.890. The van der Waals surface area contributed by atoms with E-state index in [1.807, 2.05) is 0 Å². The molecule has 0 bridgehead atoms. The fourth-order valence-corrected chi connectivity index (χ4v) is 2.63. The van der Waals surface area contributed by atoms with Crippen LogP contribution >= 0.6 is 0 Å². The molecule has 0 aliphatic carbocycles. The van der Waals surface area contributed by atoms with Crippen LogP contribution < -0.4 is 9.47 Å². The van der Waals surface area contributed by atoms with E-state index in [1.54, 1.807) is 0 Å². The second-order valence-electron chi connectivity index (χ2n) is 6.09. The van der Waals surface area contributed by atoms with E-state index in [9.17, 15) is 29.8 Å². The van der Waals surface area contributed by atoms with E-state index < -0.39 is 33.2 Å². The van der Waals surface area contributed by atoms with Gasteiger partial charge in [0.1, 0.15) is 0 Å². The Kier molecular flexibility index (Phi) is 5.72. The number of nitrogens with zero attached hydrogens (tertiary/aromatic N) is 3. The van der Waals surface area contributed by atoms with Crippen molar-refractivity contribution in [2.45, 2.75) is 6.92 Å². The molecule has 1 heterocycles. The van der Waals surface area contributed by atoms with E-state index >= 15 is 0 Å². The summed E-state index contributed by atoms with van der Waals surface area (Å²) in [6.07, 6.45) is 1.35. The minimum Gasteiger partial charge on any atom is -0.493 e.